The highest BCUT2D eigenvalue weighted by Gasteiger charge is 2.05. The molecule has 0 atom stereocenters. The molecule has 0 unspecified atom stereocenters. The number of furan rings is 1. The molecule has 0 aliphatic heterocycles. The number of urea groups is 1. The van der Waals surface area contributed by atoms with Crippen molar-refractivity contribution in [2.24, 2.45) is 5.10 Å². The van der Waals surface area contributed by atoms with Gasteiger partial charge in [0.25, 0.3) is 0 Å². The summed E-state index contributed by atoms with van der Waals surface area (Å²) in [4.78, 5) is 11.8. The van der Waals surface area contributed by atoms with Gasteiger partial charge in [-0.05, 0) is 42.8 Å². The van der Waals surface area contributed by atoms with E-state index in [-0.39, 0.29) is 0 Å². The number of hydrogen-bond acceptors (Lipinski definition) is 3. The fourth-order valence-corrected chi connectivity index (χ4v) is 2.64. The highest BCUT2D eigenvalue weighted by Crippen LogP contribution is 2.24. The lowest BCUT2D eigenvalue weighted by Crippen LogP contribution is -2.24. The number of carbonyl (C=O) groups is 1. The summed E-state index contributed by atoms with van der Waals surface area (Å²) in [6, 6.07) is 18.6. The second-order valence-corrected chi connectivity index (χ2v) is 6.27. The quantitative estimate of drug-likeness (QED) is 0.470. The number of hydrazone groups is 1. The Morgan fingerprint density at radius 3 is 2.76 bits per heavy atom. The zero-order valence-electron chi connectivity index (χ0n) is 13.5. The molecule has 1 aromatic heterocycles. The number of carbonyl (C=O) groups excluding carboxylic acids is 1. The van der Waals surface area contributed by atoms with E-state index in [0.717, 1.165) is 27.0 Å². The smallest absolute Gasteiger partial charge is 0.339 e. The molecule has 0 aliphatic rings. The molecule has 1 heterocycles. The van der Waals surface area contributed by atoms with Gasteiger partial charge in [-0.2, -0.15) is 5.10 Å². The molecular weight excluding hydrogens is 382 g/mol. The Labute approximate surface area is 153 Å². The van der Waals surface area contributed by atoms with Crippen molar-refractivity contribution >= 4 is 33.9 Å². The van der Waals surface area contributed by atoms with Crippen molar-refractivity contribution in [2.45, 2.75) is 6.92 Å². The highest BCUT2D eigenvalue weighted by molar-refractivity contribution is 9.10. The summed E-state index contributed by atoms with van der Waals surface area (Å²) in [6.45, 7) is 1.92. The number of amides is 2. The van der Waals surface area contributed by atoms with Gasteiger partial charge in [0.15, 0.2) is 0 Å². The van der Waals surface area contributed by atoms with Crippen LogP contribution in [0, 0.1) is 6.92 Å². The molecule has 5 nitrogen and oxygen atoms in total. The minimum Gasteiger partial charge on any atom is -0.455 e. The lowest BCUT2D eigenvalue weighted by atomic mass is 10.2. The van der Waals surface area contributed by atoms with E-state index in [1.807, 2.05) is 61.5 Å². The standard InChI is InChI=1S/C19H16BrN3O2/c1-13-5-2-3-8-17(13)22-19(24)23-21-12-16-9-10-18(25-16)14-6-4-7-15(20)11-14/h2-12H,1H3,(H2,22,23,24). The van der Waals surface area contributed by atoms with Crippen LogP contribution >= 0.6 is 15.9 Å². The molecule has 0 bridgehead atoms. The number of hydrogen-bond donors (Lipinski definition) is 2. The van der Waals surface area contributed by atoms with Crippen LogP contribution in [0.15, 0.2) is 74.7 Å². The monoisotopic (exact) mass is 397 g/mol. The number of rotatable bonds is 4. The van der Waals surface area contributed by atoms with Gasteiger partial charge in [0, 0.05) is 15.7 Å². The first-order valence-electron chi connectivity index (χ1n) is 7.63. The highest BCUT2D eigenvalue weighted by atomic mass is 79.9. The fraction of sp³-hybridized carbons (Fsp3) is 0.0526. The minimum atomic E-state index is -0.413. The van der Waals surface area contributed by atoms with Crippen LogP contribution in [0.5, 0.6) is 0 Å². The lowest BCUT2D eigenvalue weighted by Gasteiger charge is -2.06. The molecule has 0 fully saturated rings. The molecule has 0 aliphatic carbocycles. The maximum Gasteiger partial charge on any atom is 0.339 e. The normalized spacial score (nSPS) is 10.8. The van der Waals surface area contributed by atoms with Crippen LogP contribution in [0.25, 0.3) is 11.3 Å². The number of nitrogens with zero attached hydrogens (tertiary/aromatic N) is 1. The van der Waals surface area contributed by atoms with Crippen molar-refractivity contribution in [2.75, 3.05) is 5.32 Å². The second-order valence-electron chi connectivity index (χ2n) is 5.35. The predicted molar refractivity (Wildman–Crippen MR) is 103 cm³/mol. The Morgan fingerprint density at radius 1 is 1.12 bits per heavy atom. The molecule has 2 amide bonds. The van der Waals surface area contributed by atoms with Crippen LogP contribution < -0.4 is 10.7 Å². The SMILES string of the molecule is Cc1ccccc1NC(=O)NN=Cc1ccc(-c2cccc(Br)c2)o1. The summed E-state index contributed by atoms with van der Waals surface area (Å²) in [5.74, 6) is 1.28. The van der Waals surface area contributed by atoms with Gasteiger partial charge in [-0.25, -0.2) is 10.2 Å². The summed E-state index contributed by atoms with van der Waals surface area (Å²) < 4.78 is 6.68. The van der Waals surface area contributed by atoms with Crippen LogP contribution in [-0.2, 0) is 0 Å². The lowest BCUT2D eigenvalue weighted by molar-refractivity contribution is 0.252. The van der Waals surface area contributed by atoms with Gasteiger partial charge in [0.2, 0.25) is 0 Å². The summed E-state index contributed by atoms with van der Waals surface area (Å²) in [5.41, 5.74) is 5.09. The first kappa shape index (κ1) is 17.0. The minimum absolute atomic E-state index is 0.413. The van der Waals surface area contributed by atoms with Crippen molar-refractivity contribution in [3.63, 3.8) is 0 Å². The number of benzene rings is 2. The van der Waals surface area contributed by atoms with Crippen LogP contribution in [0.3, 0.4) is 0 Å². The summed E-state index contributed by atoms with van der Waals surface area (Å²) >= 11 is 3.43. The zero-order chi connectivity index (χ0) is 17.6. The van der Waals surface area contributed by atoms with Gasteiger partial charge in [0.05, 0.1) is 6.21 Å². The van der Waals surface area contributed by atoms with Gasteiger partial charge >= 0.3 is 6.03 Å². The fourth-order valence-electron chi connectivity index (χ4n) is 2.24. The molecule has 3 aromatic rings. The maximum absolute atomic E-state index is 11.8. The van der Waals surface area contributed by atoms with E-state index in [0.29, 0.717) is 5.76 Å². The first-order chi connectivity index (χ1) is 12.1. The Balaban J connectivity index is 1.59. The third-order valence-corrected chi connectivity index (χ3v) is 3.98. The topological polar surface area (TPSA) is 66.6 Å². The first-order valence-corrected chi connectivity index (χ1v) is 8.42. The summed E-state index contributed by atoms with van der Waals surface area (Å²) in [5, 5.41) is 6.64. The number of para-hydroxylation sites is 1. The van der Waals surface area contributed by atoms with E-state index in [9.17, 15) is 4.79 Å². The van der Waals surface area contributed by atoms with Crippen molar-refractivity contribution in [3.8, 4) is 11.3 Å². The van der Waals surface area contributed by atoms with Crippen molar-refractivity contribution in [3.05, 3.63) is 76.5 Å². The Bertz CT molecular complexity index is 918. The average molecular weight is 398 g/mol. The molecule has 2 aromatic carbocycles. The molecule has 2 N–H and O–H groups in total. The number of nitrogens with one attached hydrogen (secondary N) is 2. The van der Waals surface area contributed by atoms with Gasteiger partial charge in [-0.1, -0.05) is 46.3 Å². The molecule has 0 radical (unpaired) electrons. The van der Waals surface area contributed by atoms with E-state index in [1.54, 1.807) is 6.07 Å². The summed E-state index contributed by atoms with van der Waals surface area (Å²) in [6.07, 6.45) is 1.46. The van der Waals surface area contributed by atoms with Crippen molar-refractivity contribution < 1.29 is 9.21 Å². The van der Waals surface area contributed by atoms with Gasteiger partial charge in [-0.15, -0.1) is 0 Å². The van der Waals surface area contributed by atoms with E-state index in [2.05, 4.69) is 31.8 Å². The third kappa shape index (κ3) is 4.58. The van der Waals surface area contributed by atoms with Crippen LogP contribution in [0.1, 0.15) is 11.3 Å². The molecule has 0 spiro atoms. The van der Waals surface area contributed by atoms with E-state index < -0.39 is 6.03 Å². The number of anilines is 1. The molecule has 25 heavy (non-hydrogen) atoms. The maximum atomic E-state index is 11.8. The van der Waals surface area contributed by atoms with Crippen molar-refractivity contribution in [1.29, 1.82) is 0 Å². The van der Waals surface area contributed by atoms with Crippen molar-refractivity contribution in [1.82, 2.24) is 5.43 Å². The molecular formula is C19H16BrN3O2. The molecule has 3 rings (SSSR count). The van der Waals surface area contributed by atoms with E-state index in [4.69, 9.17) is 4.42 Å². The Kier molecular flexibility index (Phi) is 5.30. The number of aryl methyl sites for hydroxylation is 1. The second kappa shape index (κ2) is 7.81. The molecule has 126 valence electrons. The number of halogens is 1. The van der Waals surface area contributed by atoms with Gasteiger partial charge in [-0.3, -0.25) is 0 Å². The Hall–Kier alpha value is -2.86. The Morgan fingerprint density at radius 2 is 1.96 bits per heavy atom. The van der Waals surface area contributed by atoms with E-state index >= 15 is 0 Å². The third-order valence-electron chi connectivity index (χ3n) is 3.49. The van der Waals surface area contributed by atoms with Gasteiger partial charge < -0.3 is 9.73 Å². The van der Waals surface area contributed by atoms with Crippen LogP contribution in [-0.4, -0.2) is 12.2 Å². The van der Waals surface area contributed by atoms with Crippen LogP contribution in [0.4, 0.5) is 10.5 Å². The predicted octanol–water partition coefficient (Wildman–Crippen LogP) is 5.17. The van der Waals surface area contributed by atoms with E-state index in [1.165, 1.54) is 6.21 Å². The molecule has 6 heteroatoms. The van der Waals surface area contributed by atoms with Crippen LogP contribution in [0.2, 0.25) is 0 Å². The molecule has 0 saturated heterocycles. The zero-order valence-corrected chi connectivity index (χ0v) is 15.1. The average Bonchev–Trinajstić information content (AvgIpc) is 3.06. The summed E-state index contributed by atoms with van der Waals surface area (Å²) in [7, 11) is 0. The van der Waals surface area contributed by atoms with Gasteiger partial charge in [0.1, 0.15) is 11.5 Å². The molecule has 0 saturated carbocycles. The largest absolute Gasteiger partial charge is 0.455 e.